The van der Waals surface area contributed by atoms with Crippen molar-refractivity contribution in [3.05, 3.63) is 27.3 Å². The van der Waals surface area contributed by atoms with Crippen molar-refractivity contribution < 1.29 is 4.74 Å². The quantitative estimate of drug-likeness (QED) is 0.867. The van der Waals surface area contributed by atoms with Crippen LogP contribution in [0.25, 0.3) is 0 Å². The smallest absolute Gasteiger partial charge is 0.137 e. The Bertz CT molecular complexity index is 327. The Morgan fingerprint density at radius 3 is 3.21 bits per heavy atom. The first-order valence-electron chi connectivity index (χ1n) is 4.97. The van der Waals surface area contributed by atoms with Gasteiger partial charge in [0.15, 0.2) is 0 Å². The zero-order valence-electron chi connectivity index (χ0n) is 8.22. The third-order valence-corrected chi connectivity index (χ3v) is 3.26. The van der Waals surface area contributed by atoms with Crippen LogP contribution >= 0.6 is 22.6 Å². The molecule has 3 heteroatoms. The topological polar surface area (TPSA) is 21.3 Å². The average Bonchev–Trinajstić information content (AvgIpc) is 2.60. The van der Waals surface area contributed by atoms with Crippen molar-refractivity contribution in [1.82, 2.24) is 5.32 Å². The third kappa shape index (κ3) is 1.88. The van der Waals surface area contributed by atoms with Crippen LogP contribution in [0.1, 0.15) is 24.9 Å². The molecule has 1 heterocycles. The number of para-hydroxylation sites is 1. The fourth-order valence-corrected chi connectivity index (χ4v) is 2.37. The summed E-state index contributed by atoms with van der Waals surface area (Å²) in [6.07, 6.45) is 1.16. The highest BCUT2D eigenvalue weighted by Gasteiger charge is 2.24. The minimum Gasteiger partial charge on any atom is -0.490 e. The SMILES string of the molecule is CCCNC1COc2c(I)cccc21. The molecule has 0 spiro atoms. The van der Waals surface area contributed by atoms with E-state index < -0.39 is 0 Å². The fourth-order valence-electron chi connectivity index (χ4n) is 1.70. The van der Waals surface area contributed by atoms with Gasteiger partial charge < -0.3 is 10.1 Å². The minimum absolute atomic E-state index is 0.389. The zero-order valence-corrected chi connectivity index (χ0v) is 10.4. The summed E-state index contributed by atoms with van der Waals surface area (Å²) >= 11 is 2.32. The Balaban J connectivity index is 2.18. The summed E-state index contributed by atoms with van der Waals surface area (Å²) in [5.41, 5.74) is 1.31. The predicted octanol–water partition coefficient (Wildman–Crippen LogP) is 2.72. The largest absolute Gasteiger partial charge is 0.490 e. The Kier molecular flexibility index (Phi) is 3.28. The molecule has 0 radical (unpaired) electrons. The van der Waals surface area contributed by atoms with Crippen LogP contribution in [0, 0.1) is 3.57 Å². The molecule has 1 aromatic carbocycles. The van der Waals surface area contributed by atoms with Gasteiger partial charge in [0.2, 0.25) is 0 Å². The molecule has 1 aliphatic heterocycles. The molecule has 0 aliphatic carbocycles. The van der Waals surface area contributed by atoms with Crippen LogP contribution in [-0.4, -0.2) is 13.2 Å². The van der Waals surface area contributed by atoms with Gasteiger partial charge in [0, 0.05) is 5.56 Å². The lowest BCUT2D eigenvalue weighted by Gasteiger charge is -2.09. The van der Waals surface area contributed by atoms with Gasteiger partial charge in [-0.3, -0.25) is 0 Å². The first kappa shape index (κ1) is 10.2. The van der Waals surface area contributed by atoms with Gasteiger partial charge in [-0.05, 0) is 41.6 Å². The van der Waals surface area contributed by atoms with Gasteiger partial charge in [-0.15, -0.1) is 0 Å². The summed E-state index contributed by atoms with van der Waals surface area (Å²) in [5, 5.41) is 3.49. The van der Waals surface area contributed by atoms with Crippen molar-refractivity contribution in [2.75, 3.05) is 13.2 Å². The lowest BCUT2D eigenvalue weighted by atomic mass is 10.1. The van der Waals surface area contributed by atoms with Crippen molar-refractivity contribution in [2.45, 2.75) is 19.4 Å². The van der Waals surface area contributed by atoms with Gasteiger partial charge in [0.1, 0.15) is 12.4 Å². The Morgan fingerprint density at radius 1 is 1.57 bits per heavy atom. The van der Waals surface area contributed by atoms with Crippen molar-refractivity contribution >= 4 is 22.6 Å². The van der Waals surface area contributed by atoms with E-state index in [1.807, 2.05) is 0 Å². The molecule has 0 saturated heterocycles. The molecule has 1 unspecified atom stereocenters. The first-order valence-corrected chi connectivity index (χ1v) is 6.05. The summed E-state index contributed by atoms with van der Waals surface area (Å²) in [5.74, 6) is 1.07. The first-order chi connectivity index (χ1) is 6.83. The van der Waals surface area contributed by atoms with Crippen LogP contribution in [0.4, 0.5) is 0 Å². The van der Waals surface area contributed by atoms with E-state index in [0.717, 1.165) is 25.3 Å². The maximum atomic E-state index is 5.67. The highest BCUT2D eigenvalue weighted by Crippen LogP contribution is 2.35. The Labute approximate surface area is 98.2 Å². The van der Waals surface area contributed by atoms with Crippen LogP contribution in [-0.2, 0) is 0 Å². The molecule has 2 nitrogen and oxygen atoms in total. The molecule has 2 rings (SSSR count). The average molecular weight is 303 g/mol. The summed E-state index contributed by atoms with van der Waals surface area (Å²) in [4.78, 5) is 0. The van der Waals surface area contributed by atoms with E-state index in [2.05, 4.69) is 53.0 Å². The van der Waals surface area contributed by atoms with Crippen LogP contribution in [0.3, 0.4) is 0 Å². The maximum Gasteiger partial charge on any atom is 0.137 e. The molecular formula is C11H14INO. The third-order valence-electron chi connectivity index (χ3n) is 2.41. The molecule has 1 aromatic rings. The molecule has 0 bridgehead atoms. The summed E-state index contributed by atoms with van der Waals surface area (Å²) in [6.45, 7) is 4.01. The van der Waals surface area contributed by atoms with Gasteiger partial charge in [0.25, 0.3) is 0 Å². The summed E-state index contributed by atoms with van der Waals surface area (Å²) in [7, 11) is 0. The zero-order chi connectivity index (χ0) is 9.97. The van der Waals surface area contributed by atoms with Gasteiger partial charge >= 0.3 is 0 Å². The molecule has 14 heavy (non-hydrogen) atoms. The van der Waals surface area contributed by atoms with Gasteiger partial charge in [-0.2, -0.15) is 0 Å². The monoisotopic (exact) mass is 303 g/mol. The fraction of sp³-hybridized carbons (Fsp3) is 0.455. The number of hydrogen-bond acceptors (Lipinski definition) is 2. The van der Waals surface area contributed by atoms with Crippen LogP contribution < -0.4 is 10.1 Å². The van der Waals surface area contributed by atoms with E-state index in [0.29, 0.717) is 6.04 Å². The lowest BCUT2D eigenvalue weighted by molar-refractivity contribution is 0.310. The minimum atomic E-state index is 0.389. The highest BCUT2D eigenvalue weighted by molar-refractivity contribution is 14.1. The second kappa shape index (κ2) is 4.49. The second-order valence-corrected chi connectivity index (χ2v) is 4.64. The van der Waals surface area contributed by atoms with Crippen LogP contribution in [0.5, 0.6) is 5.75 Å². The highest BCUT2D eigenvalue weighted by atomic mass is 127. The van der Waals surface area contributed by atoms with Crippen LogP contribution in [0.2, 0.25) is 0 Å². The van der Waals surface area contributed by atoms with E-state index in [4.69, 9.17) is 4.74 Å². The Hall–Kier alpha value is -0.290. The molecule has 1 N–H and O–H groups in total. The van der Waals surface area contributed by atoms with Crippen molar-refractivity contribution in [1.29, 1.82) is 0 Å². The number of fused-ring (bicyclic) bond motifs is 1. The molecule has 1 aliphatic rings. The maximum absolute atomic E-state index is 5.67. The van der Waals surface area contributed by atoms with E-state index in [-0.39, 0.29) is 0 Å². The van der Waals surface area contributed by atoms with Crippen LogP contribution in [0.15, 0.2) is 18.2 Å². The number of hydrogen-bond donors (Lipinski definition) is 1. The molecule has 0 saturated carbocycles. The molecular weight excluding hydrogens is 289 g/mol. The number of ether oxygens (including phenoxy) is 1. The standard InChI is InChI=1S/C11H14INO/c1-2-6-13-10-7-14-11-8(10)4-3-5-9(11)12/h3-5,10,13H,2,6-7H2,1H3. The Morgan fingerprint density at radius 2 is 2.43 bits per heavy atom. The van der Waals surface area contributed by atoms with E-state index in [1.54, 1.807) is 0 Å². The summed E-state index contributed by atoms with van der Waals surface area (Å²) < 4.78 is 6.88. The lowest BCUT2D eigenvalue weighted by Crippen LogP contribution is -2.22. The predicted molar refractivity (Wildman–Crippen MR) is 65.7 cm³/mol. The summed E-state index contributed by atoms with van der Waals surface area (Å²) in [6, 6.07) is 6.72. The molecule has 0 aromatic heterocycles. The molecule has 0 amide bonds. The molecule has 1 atom stereocenters. The number of benzene rings is 1. The molecule has 0 fully saturated rings. The van der Waals surface area contributed by atoms with Crippen molar-refractivity contribution in [2.24, 2.45) is 0 Å². The van der Waals surface area contributed by atoms with E-state index >= 15 is 0 Å². The van der Waals surface area contributed by atoms with Crippen molar-refractivity contribution in [3.8, 4) is 5.75 Å². The number of nitrogens with one attached hydrogen (secondary N) is 1. The normalized spacial score (nSPS) is 19.1. The molecule has 76 valence electrons. The van der Waals surface area contributed by atoms with Crippen molar-refractivity contribution in [3.63, 3.8) is 0 Å². The van der Waals surface area contributed by atoms with E-state index in [9.17, 15) is 0 Å². The number of halogens is 1. The number of rotatable bonds is 3. The van der Waals surface area contributed by atoms with E-state index in [1.165, 1.54) is 9.13 Å². The van der Waals surface area contributed by atoms with Gasteiger partial charge in [-0.25, -0.2) is 0 Å². The second-order valence-electron chi connectivity index (χ2n) is 3.48. The van der Waals surface area contributed by atoms with Gasteiger partial charge in [0.05, 0.1) is 9.61 Å². The van der Waals surface area contributed by atoms with Gasteiger partial charge in [-0.1, -0.05) is 19.1 Å².